The van der Waals surface area contributed by atoms with E-state index in [9.17, 15) is 0 Å². The van der Waals surface area contributed by atoms with Crippen LogP contribution in [0.15, 0.2) is 6.33 Å². The molecule has 1 aromatic heterocycles. The summed E-state index contributed by atoms with van der Waals surface area (Å²) < 4.78 is 5.58. The Morgan fingerprint density at radius 3 is 2.65 bits per heavy atom. The summed E-state index contributed by atoms with van der Waals surface area (Å²) in [7, 11) is 2.15. The molecule has 0 aliphatic carbocycles. The van der Waals surface area contributed by atoms with Crippen molar-refractivity contribution >= 4 is 5.82 Å². The van der Waals surface area contributed by atoms with Crippen LogP contribution in [0.5, 0.6) is 5.88 Å². The highest BCUT2D eigenvalue weighted by atomic mass is 16.5. The zero-order valence-corrected chi connectivity index (χ0v) is 12.6. The largest absolute Gasteiger partial charge is 0.478 e. The molecule has 2 aliphatic heterocycles. The van der Waals surface area contributed by atoms with Crippen molar-refractivity contribution in [3.63, 3.8) is 0 Å². The maximum absolute atomic E-state index is 5.58. The molecule has 2 saturated heterocycles. The van der Waals surface area contributed by atoms with Gasteiger partial charge in [-0.1, -0.05) is 0 Å². The summed E-state index contributed by atoms with van der Waals surface area (Å²) in [6.07, 6.45) is 6.67. The topological polar surface area (TPSA) is 50.3 Å². The molecule has 0 radical (unpaired) electrons. The van der Waals surface area contributed by atoms with Crippen molar-refractivity contribution in [1.82, 2.24) is 15.3 Å². The van der Waals surface area contributed by atoms with Gasteiger partial charge in [0.25, 0.3) is 0 Å². The van der Waals surface area contributed by atoms with E-state index in [1.807, 2.05) is 13.8 Å². The average molecular weight is 276 g/mol. The molecule has 5 heteroatoms. The number of piperidine rings is 1. The quantitative estimate of drug-likeness (QED) is 0.910. The molecule has 110 valence electrons. The number of rotatable bonds is 4. The van der Waals surface area contributed by atoms with Gasteiger partial charge >= 0.3 is 0 Å². The van der Waals surface area contributed by atoms with Crippen LogP contribution < -0.4 is 15.0 Å². The van der Waals surface area contributed by atoms with E-state index >= 15 is 0 Å². The lowest BCUT2D eigenvalue weighted by Crippen LogP contribution is -2.47. The van der Waals surface area contributed by atoms with Gasteiger partial charge in [-0.3, -0.25) is 0 Å². The molecule has 5 nitrogen and oxygen atoms in total. The highest BCUT2D eigenvalue weighted by Crippen LogP contribution is 2.32. The van der Waals surface area contributed by atoms with Crippen LogP contribution in [-0.2, 0) is 0 Å². The van der Waals surface area contributed by atoms with E-state index in [0.717, 1.165) is 11.4 Å². The molecule has 0 spiro atoms. The summed E-state index contributed by atoms with van der Waals surface area (Å²) in [6, 6.07) is 1.95. The molecular weight excluding hydrogens is 252 g/mol. The first-order valence-electron chi connectivity index (χ1n) is 7.62. The van der Waals surface area contributed by atoms with Gasteiger partial charge in [0.05, 0.1) is 12.2 Å². The van der Waals surface area contributed by atoms with Crippen molar-refractivity contribution < 1.29 is 4.74 Å². The first-order chi connectivity index (χ1) is 9.69. The normalized spacial score (nSPS) is 28.4. The molecule has 2 fully saturated rings. The van der Waals surface area contributed by atoms with Gasteiger partial charge in [-0.2, -0.15) is 0 Å². The van der Waals surface area contributed by atoms with Crippen molar-refractivity contribution in [2.24, 2.45) is 0 Å². The molecule has 0 aromatic carbocycles. The van der Waals surface area contributed by atoms with Crippen LogP contribution in [0.1, 0.15) is 38.2 Å². The van der Waals surface area contributed by atoms with Crippen LogP contribution in [0.4, 0.5) is 5.82 Å². The predicted octanol–water partition coefficient (Wildman–Crippen LogP) is 1.90. The van der Waals surface area contributed by atoms with Gasteiger partial charge in [0.1, 0.15) is 12.1 Å². The summed E-state index contributed by atoms with van der Waals surface area (Å²) in [5.41, 5.74) is 1.04. The number of nitrogens with one attached hydrogen (secondary N) is 1. The van der Waals surface area contributed by atoms with E-state index in [1.165, 1.54) is 25.7 Å². The minimum atomic E-state index is 0.567. The highest BCUT2D eigenvalue weighted by molar-refractivity contribution is 5.50. The van der Waals surface area contributed by atoms with E-state index in [0.29, 0.717) is 30.6 Å². The summed E-state index contributed by atoms with van der Waals surface area (Å²) in [5, 5.41) is 3.69. The number of hydrogen-bond acceptors (Lipinski definition) is 5. The fraction of sp³-hybridized carbons (Fsp3) is 0.733. The highest BCUT2D eigenvalue weighted by Gasteiger charge is 2.35. The van der Waals surface area contributed by atoms with Crippen LogP contribution in [-0.4, -0.2) is 41.7 Å². The van der Waals surface area contributed by atoms with Crippen LogP contribution in [0, 0.1) is 6.92 Å². The molecule has 2 atom stereocenters. The van der Waals surface area contributed by atoms with Crippen LogP contribution in [0.25, 0.3) is 0 Å². The van der Waals surface area contributed by atoms with Crippen molar-refractivity contribution in [3.8, 4) is 5.88 Å². The molecule has 2 bridgehead atoms. The Morgan fingerprint density at radius 1 is 1.30 bits per heavy atom. The third kappa shape index (κ3) is 2.46. The van der Waals surface area contributed by atoms with Gasteiger partial charge in [-0.15, -0.1) is 0 Å². The predicted molar refractivity (Wildman–Crippen MR) is 79.3 cm³/mol. The van der Waals surface area contributed by atoms with Gasteiger partial charge < -0.3 is 15.0 Å². The maximum Gasteiger partial charge on any atom is 0.221 e. The van der Waals surface area contributed by atoms with E-state index in [-0.39, 0.29) is 0 Å². The van der Waals surface area contributed by atoms with Gasteiger partial charge in [0, 0.05) is 25.2 Å². The lowest BCUT2D eigenvalue weighted by molar-refractivity contribution is 0.322. The van der Waals surface area contributed by atoms with Crippen LogP contribution >= 0.6 is 0 Å². The maximum atomic E-state index is 5.58. The van der Waals surface area contributed by atoms with E-state index < -0.39 is 0 Å². The van der Waals surface area contributed by atoms with E-state index in [2.05, 4.69) is 27.2 Å². The molecule has 2 aliphatic rings. The fourth-order valence-electron chi connectivity index (χ4n) is 3.58. The lowest BCUT2D eigenvalue weighted by Gasteiger charge is -2.36. The number of anilines is 1. The number of ether oxygens (including phenoxy) is 1. The van der Waals surface area contributed by atoms with Crippen molar-refractivity contribution in [1.29, 1.82) is 0 Å². The molecule has 0 saturated carbocycles. The number of fused-ring (bicyclic) bond motifs is 2. The van der Waals surface area contributed by atoms with E-state index in [4.69, 9.17) is 4.74 Å². The molecule has 2 unspecified atom stereocenters. The standard InChI is InChI=1S/C15H24N4O/c1-4-20-15-10(2)14(16-9-17-15)19(3)13-7-11-5-6-12(8-13)18-11/h9,11-13,18H,4-8H2,1-3H3. The molecule has 20 heavy (non-hydrogen) atoms. The third-order valence-electron chi connectivity index (χ3n) is 4.62. The minimum absolute atomic E-state index is 0.567. The average Bonchev–Trinajstić information content (AvgIpc) is 2.79. The first kappa shape index (κ1) is 13.6. The Kier molecular flexibility index (Phi) is 3.78. The van der Waals surface area contributed by atoms with Gasteiger partial charge in [-0.25, -0.2) is 9.97 Å². The van der Waals surface area contributed by atoms with Crippen molar-refractivity contribution in [2.45, 2.75) is 57.7 Å². The fourth-order valence-corrected chi connectivity index (χ4v) is 3.58. The Bertz CT molecular complexity index is 467. The molecule has 0 amide bonds. The second kappa shape index (κ2) is 5.56. The molecule has 1 aromatic rings. The second-order valence-corrected chi connectivity index (χ2v) is 5.93. The minimum Gasteiger partial charge on any atom is -0.478 e. The second-order valence-electron chi connectivity index (χ2n) is 5.93. The van der Waals surface area contributed by atoms with Crippen molar-refractivity contribution in [2.75, 3.05) is 18.6 Å². The molecule has 1 N–H and O–H groups in total. The van der Waals surface area contributed by atoms with Gasteiger partial charge in [-0.05, 0) is 39.5 Å². The molecule has 3 rings (SSSR count). The van der Waals surface area contributed by atoms with Crippen LogP contribution in [0.3, 0.4) is 0 Å². The van der Waals surface area contributed by atoms with E-state index in [1.54, 1.807) is 6.33 Å². The summed E-state index contributed by atoms with van der Waals surface area (Å²) in [4.78, 5) is 11.0. The Morgan fingerprint density at radius 2 is 2.00 bits per heavy atom. The molecular formula is C15H24N4O. The van der Waals surface area contributed by atoms with Crippen molar-refractivity contribution in [3.05, 3.63) is 11.9 Å². The first-order valence-corrected chi connectivity index (χ1v) is 7.62. The smallest absolute Gasteiger partial charge is 0.221 e. The Balaban J connectivity index is 1.80. The summed E-state index contributed by atoms with van der Waals surface area (Å²) >= 11 is 0. The monoisotopic (exact) mass is 276 g/mol. The Labute approximate surface area is 120 Å². The number of hydrogen-bond donors (Lipinski definition) is 1. The number of nitrogens with zero attached hydrogens (tertiary/aromatic N) is 3. The molecule has 3 heterocycles. The number of aromatic nitrogens is 2. The SMILES string of the molecule is CCOc1ncnc(N(C)C2CC3CCC(C2)N3)c1C. The van der Waals surface area contributed by atoms with Crippen LogP contribution in [0.2, 0.25) is 0 Å². The lowest BCUT2D eigenvalue weighted by atomic mass is 9.98. The zero-order chi connectivity index (χ0) is 14.1. The Hall–Kier alpha value is -1.36. The third-order valence-corrected chi connectivity index (χ3v) is 4.62. The zero-order valence-electron chi connectivity index (χ0n) is 12.6. The summed E-state index contributed by atoms with van der Waals surface area (Å²) in [5.74, 6) is 1.72. The van der Waals surface area contributed by atoms with Gasteiger partial charge in [0.2, 0.25) is 5.88 Å². The van der Waals surface area contributed by atoms with Gasteiger partial charge in [0.15, 0.2) is 0 Å². The summed E-state index contributed by atoms with van der Waals surface area (Å²) in [6.45, 7) is 4.67.